The molecule has 1 aliphatic rings. The number of benzene rings is 1. The number of aromatic nitrogens is 2. The number of nitrogens with two attached hydrogens (primary N) is 1. The van der Waals surface area contributed by atoms with Crippen molar-refractivity contribution in [3.63, 3.8) is 0 Å². The summed E-state index contributed by atoms with van der Waals surface area (Å²) in [5, 5.41) is 0. The number of nitrogens with zero attached hydrogens (tertiary/aromatic N) is 2. The van der Waals surface area contributed by atoms with Gasteiger partial charge in [0.25, 0.3) is 0 Å². The summed E-state index contributed by atoms with van der Waals surface area (Å²) in [6.45, 7) is 0. The zero-order valence-electron chi connectivity index (χ0n) is 8.53. The molecule has 0 fully saturated rings. The summed E-state index contributed by atoms with van der Waals surface area (Å²) in [4.78, 5) is 9.26. The summed E-state index contributed by atoms with van der Waals surface area (Å²) >= 11 is 0. The zero-order chi connectivity index (χ0) is 10.3. The third-order valence-electron chi connectivity index (χ3n) is 2.96. The number of nitrogen functional groups attached to an aromatic ring is 1. The van der Waals surface area contributed by atoms with E-state index in [4.69, 9.17) is 5.73 Å². The van der Waals surface area contributed by atoms with Crippen molar-refractivity contribution in [2.75, 3.05) is 5.73 Å². The highest BCUT2D eigenvalue weighted by Gasteiger charge is 2.13. The Balaban J connectivity index is 2.31. The summed E-state index contributed by atoms with van der Waals surface area (Å²) in [6.07, 6.45) is 4.56. The number of para-hydroxylation sites is 1. The first-order chi connectivity index (χ1) is 7.34. The molecule has 3 heteroatoms. The zero-order valence-corrected chi connectivity index (χ0v) is 8.53. The molecule has 2 aromatic rings. The van der Waals surface area contributed by atoms with Gasteiger partial charge in [0.15, 0.2) is 0 Å². The van der Waals surface area contributed by atoms with Crippen molar-refractivity contribution in [1.29, 1.82) is 0 Å². The van der Waals surface area contributed by atoms with Gasteiger partial charge in [0.05, 0.1) is 22.6 Å². The predicted molar refractivity (Wildman–Crippen MR) is 60.6 cm³/mol. The van der Waals surface area contributed by atoms with E-state index < -0.39 is 0 Å². The Hall–Kier alpha value is -1.64. The second kappa shape index (κ2) is 3.19. The van der Waals surface area contributed by atoms with Crippen molar-refractivity contribution < 1.29 is 0 Å². The molecule has 0 atom stereocenters. The first-order valence-corrected chi connectivity index (χ1v) is 5.38. The fourth-order valence-electron chi connectivity index (χ4n) is 2.16. The highest BCUT2D eigenvalue weighted by atomic mass is 14.8. The van der Waals surface area contributed by atoms with Gasteiger partial charge < -0.3 is 5.73 Å². The van der Waals surface area contributed by atoms with Crippen molar-refractivity contribution in [3.8, 4) is 0 Å². The molecule has 1 aromatic heterocycles. The molecule has 0 aliphatic heterocycles. The fourth-order valence-corrected chi connectivity index (χ4v) is 2.16. The normalized spacial score (nSPS) is 15.2. The SMILES string of the molecule is Nc1cccc2nc3c(nc12)CCCC3. The van der Waals surface area contributed by atoms with Gasteiger partial charge in [-0.15, -0.1) is 0 Å². The first kappa shape index (κ1) is 8.65. The summed E-state index contributed by atoms with van der Waals surface area (Å²) < 4.78 is 0. The molecule has 3 rings (SSSR count). The van der Waals surface area contributed by atoms with Crippen LogP contribution >= 0.6 is 0 Å². The summed E-state index contributed by atoms with van der Waals surface area (Å²) in [7, 11) is 0. The predicted octanol–water partition coefficient (Wildman–Crippen LogP) is 2.09. The van der Waals surface area contributed by atoms with Crippen molar-refractivity contribution in [3.05, 3.63) is 29.6 Å². The Morgan fingerprint density at radius 3 is 2.53 bits per heavy atom. The maximum absolute atomic E-state index is 5.89. The summed E-state index contributed by atoms with van der Waals surface area (Å²) in [6, 6.07) is 5.79. The lowest BCUT2D eigenvalue weighted by Crippen LogP contribution is -2.08. The largest absolute Gasteiger partial charge is 0.397 e. The average molecular weight is 199 g/mol. The van der Waals surface area contributed by atoms with Crippen LogP contribution in [0.5, 0.6) is 0 Å². The van der Waals surface area contributed by atoms with Crippen LogP contribution in [0.25, 0.3) is 11.0 Å². The summed E-state index contributed by atoms with van der Waals surface area (Å²) in [5.74, 6) is 0. The maximum Gasteiger partial charge on any atom is 0.112 e. The third-order valence-corrected chi connectivity index (χ3v) is 2.96. The van der Waals surface area contributed by atoms with Crippen LogP contribution in [0.2, 0.25) is 0 Å². The number of hydrogen-bond acceptors (Lipinski definition) is 3. The van der Waals surface area contributed by atoms with Crippen LogP contribution in [0.15, 0.2) is 18.2 Å². The molecule has 3 nitrogen and oxygen atoms in total. The van der Waals surface area contributed by atoms with Crippen molar-refractivity contribution in [2.45, 2.75) is 25.7 Å². The van der Waals surface area contributed by atoms with E-state index in [1.165, 1.54) is 18.5 Å². The van der Waals surface area contributed by atoms with Gasteiger partial charge >= 0.3 is 0 Å². The number of anilines is 1. The van der Waals surface area contributed by atoms with Gasteiger partial charge in [-0.3, -0.25) is 0 Å². The van der Waals surface area contributed by atoms with Crippen molar-refractivity contribution in [2.24, 2.45) is 0 Å². The van der Waals surface area contributed by atoms with E-state index in [-0.39, 0.29) is 0 Å². The molecule has 0 amide bonds. The van der Waals surface area contributed by atoms with Crippen molar-refractivity contribution >= 4 is 16.7 Å². The minimum Gasteiger partial charge on any atom is -0.397 e. The molecule has 0 saturated heterocycles. The topological polar surface area (TPSA) is 51.8 Å². The maximum atomic E-state index is 5.89. The average Bonchev–Trinajstić information content (AvgIpc) is 2.27. The molecular weight excluding hydrogens is 186 g/mol. The molecule has 2 N–H and O–H groups in total. The van der Waals surface area contributed by atoms with Crippen LogP contribution in [0.4, 0.5) is 5.69 Å². The monoisotopic (exact) mass is 199 g/mol. The molecule has 15 heavy (non-hydrogen) atoms. The quantitative estimate of drug-likeness (QED) is 0.661. The van der Waals surface area contributed by atoms with Gasteiger partial charge in [-0.1, -0.05) is 6.07 Å². The third kappa shape index (κ3) is 1.35. The van der Waals surface area contributed by atoms with E-state index in [0.29, 0.717) is 0 Å². The van der Waals surface area contributed by atoms with Gasteiger partial charge in [0.2, 0.25) is 0 Å². The van der Waals surface area contributed by atoms with Gasteiger partial charge in [-0.05, 0) is 37.8 Å². The highest BCUT2D eigenvalue weighted by Crippen LogP contribution is 2.23. The lowest BCUT2D eigenvalue weighted by molar-refractivity contribution is 0.655. The number of aryl methyl sites for hydroxylation is 2. The number of fused-ring (bicyclic) bond motifs is 2. The molecule has 0 unspecified atom stereocenters. The van der Waals surface area contributed by atoms with Crippen LogP contribution in [0.3, 0.4) is 0 Å². The molecule has 0 radical (unpaired) electrons. The molecule has 1 aromatic carbocycles. The van der Waals surface area contributed by atoms with E-state index >= 15 is 0 Å². The number of rotatable bonds is 0. The lowest BCUT2D eigenvalue weighted by atomic mass is 10.0. The molecular formula is C12H13N3. The molecule has 76 valence electrons. The Bertz CT molecular complexity index is 520. The number of hydrogen-bond donors (Lipinski definition) is 1. The minimum absolute atomic E-state index is 0.730. The van der Waals surface area contributed by atoms with E-state index in [9.17, 15) is 0 Å². The molecule has 0 saturated carbocycles. The Morgan fingerprint density at radius 2 is 1.73 bits per heavy atom. The van der Waals surface area contributed by atoms with Crippen LogP contribution < -0.4 is 5.73 Å². The highest BCUT2D eigenvalue weighted by molar-refractivity contribution is 5.86. The minimum atomic E-state index is 0.730. The van der Waals surface area contributed by atoms with Gasteiger partial charge in [-0.25, -0.2) is 9.97 Å². The lowest BCUT2D eigenvalue weighted by Gasteiger charge is -2.14. The Kier molecular flexibility index (Phi) is 1.84. The van der Waals surface area contributed by atoms with E-state index in [1.807, 2.05) is 18.2 Å². The molecule has 0 bridgehead atoms. The molecule has 1 aliphatic carbocycles. The van der Waals surface area contributed by atoms with Gasteiger partial charge in [0, 0.05) is 0 Å². The Morgan fingerprint density at radius 1 is 1.00 bits per heavy atom. The Labute approximate surface area is 88.3 Å². The standard InChI is InChI=1S/C12H13N3/c13-8-4-3-7-11-12(8)15-10-6-2-1-5-9(10)14-11/h3-4,7H,1-2,5-6,13H2. The van der Waals surface area contributed by atoms with E-state index in [2.05, 4.69) is 9.97 Å². The van der Waals surface area contributed by atoms with E-state index in [0.717, 1.165) is 35.3 Å². The van der Waals surface area contributed by atoms with Crippen LogP contribution in [0, 0.1) is 0 Å². The summed E-state index contributed by atoms with van der Waals surface area (Å²) in [5.41, 5.74) is 10.7. The second-order valence-corrected chi connectivity index (χ2v) is 4.04. The van der Waals surface area contributed by atoms with Crippen molar-refractivity contribution in [1.82, 2.24) is 9.97 Å². The fraction of sp³-hybridized carbons (Fsp3) is 0.333. The van der Waals surface area contributed by atoms with Gasteiger partial charge in [0.1, 0.15) is 5.52 Å². The van der Waals surface area contributed by atoms with Crippen LogP contribution in [0.1, 0.15) is 24.2 Å². The van der Waals surface area contributed by atoms with Crippen LogP contribution in [-0.2, 0) is 12.8 Å². The first-order valence-electron chi connectivity index (χ1n) is 5.38. The second-order valence-electron chi connectivity index (χ2n) is 4.04. The van der Waals surface area contributed by atoms with Crippen LogP contribution in [-0.4, -0.2) is 9.97 Å². The smallest absolute Gasteiger partial charge is 0.112 e. The molecule has 0 spiro atoms. The van der Waals surface area contributed by atoms with Gasteiger partial charge in [-0.2, -0.15) is 0 Å². The molecule has 1 heterocycles. The van der Waals surface area contributed by atoms with E-state index in [1.54, 1.807) is 0 Å².